The van der Waals surface area contributed by atoms with Crippen LogP contribution in [-0.4, -0.2) is 23.7 Å². The number of aliphatic carboxylic acids is 1. The summed E-state index contributed by atoms with van der Waals surface area (Å²) in [6.45, 7) is 1.84. The molecule has 0 saturated carbocycles. The Labute approximate surface area is 115 Å². The molecule has 0 radical (unpaired) electrons. The quantitative estimate of drug-likeness (QED) is 0.766. The van der Waals surface area contributed by atoms with Gasteiger partial charge in [-0.05, 0) is 18.1 Å². The maximum atomic E-state index is 13.3. The van der Waals surface area contributed by atoms with Gasteiger partial charge in [0.05, 0.1) is 5.69 Å². The minimum absolute atomic E-state index is 0.0656. The van der Waals surface area contributed by atoms with Gasteiger partial charge in [0, 0.05) is 13.0 Å². The molecule has 0 spiro atoms. The Morgan fingerprint density at radius 1 is 1.50 bits per heavy atom. The standard InChI is InChI=1S/C13H14FN3O3/c1-8(5-12(18)19)7-16-13(20)17-11-4-2-3-10(14)9(11)6-15/h2-4,8H,5,7H2,1H3,(H,18,19)(H2,16,17,20). The average Bonchev–Trinajstić information content (AvgIpc) is 2.36. The molecule has 0 aromatic heterocycles. The van der Waals surface area contributed by atoms with Crippen molar-refractivity contribution < 1.29 is 19.1 Å². The van der Waals surface area contributed by atoms with E-state index in [2.05, 4.69) is 10.6 Å². The second kappa shape index (κ2) is 7.09. The highest BCUT2D eigenvalue weighted by atomic mass is 19.1. The van der Waals surface area contributed by atoms with Gasteiger partial charge in [0.15, 0.2) is 0 Å². The maximum Gasteiger partial charge on any atom is 0.319 e. The number of nitrogens with one attached hydrogen (secondary N) is 2. The molecule has 7 heteroatoms. The van der Waals surface area contributed by atoms with Crippen LogP contribution in [0.2, 0.25) is 0 Å². The first-order valence-electron chi connectivity index (χ1n) is 5.89. The van der Waals surface area contributed by atoms with Gasteiger partial charge in [0.2, 0.25) is 0 Å². The molecule has 106 valence electrons. The summed E-state index contributed by atoms with van der Waals surface area (Å²) in [6.07, 6.45) is -0.0658. The third-order valence-electron chi connectivity index (χ3n) is 2.51. The van der Waals surface area contributed by atoms with Gasteiger partial charge in [-0.15, -0.1) is 0 Å². The van der Waals surface area contributed by atoms with E-state index in [9.17, 15) is 14.0 Å². The molecule has 1 unspecified atom stereocenters. The number of amides is 2. The number of hydrogen-bond donors (Lipinski definition) is 3. The molecule has 1 aromatic carbocycles. The molecule has 0 heterocycles. The van der Waals surface area contributed by atoms with Crippen molar-refractivity contribution in [1.82, 2.24) is 5.32 Å². The van der Waals surface area contributed by atoms with Crippen molar-refractivity contribution in [2.45, 2.75) is 13.3 Å². The van der Waals surface area contributed by atoms with Crippen molar-refractivity contribution in [2.75, 3.05) is 11.9 Å². The van der Waals surface area contributed by atoms with E-state index in [0.29, 0.717) is 0 Å². The Morgan fingerprint density at radius 3 is 2.80 bits per heavy atom. The number of nitrogens with zero attached hydrogens (tertiary/aromatic N) is 1. The zero-order valence-electron chi connectivity index (χ0n) is 10.8. The monoisotopic (exact) mass is 279 g/mol. The summed E-state index contributed by atoms with van der Waals surface area (Å²) < 4.78 is 13.3. The van der Waals surface area contributed by atoms with Gasteiger partial charge in [-0.2, -0.15) is 5.26 Å². The van der Waals surface area contributed by atoms with Crippen LogP contribution in [0.25, 0.3) is 0 Å². The van der Waals surface area contributed by atoms with E-state index in [-0.39, 0.29) is 30.1 Å². The van der Waals surface area contributed by atoms with Crippen LogP contribution in [0.15, 0.2) is 18.2 Å². The van der Waals surface area contributed by atoms with Crippen LogP contribution in [0.4, 0.5) is 14.9 Å². The molecular formula is C13H14FN3O3. The van der Waals surface area contributed by atoms with Crippen LogP contribution >= 0.6 is 0 Å². The molecule has 1 aromatic rings. The summed E-state index contributed by atoms with van der Waals surface area (Å²) in [7, 11) is 0. The van der Waals surface area contributed by atoms with Gasteiger partial charge < -0.3 is 15.7 Å². The van der Waals surface area contributed by atoms with Crippen LogP contribution in [0.1, 0.15) is 18.9 Å². The van der Waals surface area contributed by atoms with Gasteiger partial charge in [-0.1, -0.05) is 13.0 Å². The topological polar surface area (TPSA) is 102 Å². The SMILES string of the molecule is CC(CNC(=O)Nc1cccc(F)c1C#N)CC(=O)O. The molecule has 0 fully saturated rings. The minimum Gasteiger partial charge on any atom is -0.481 e. The Kier molecular flexibility index (Phi) is 5.47. The summed E-state index contributed by atoms with van der Waals surface area (Å²) in [5.41, 5.74) is -0.183. The smallest absolute Gasteiger partial charge is 0.319 e. The van der Waals surface area contributed by atoms with Crippen LogP contribution in [0, 0.1) is 23.1 Å². The van der Waals surface area contributed by atoms with E-state index in [1.165, 1.54) is 12.1 Å². The molecular weight excluding hydrogens is 265 g/mol. The fourth-order valence-electron chi connectivity index (χ4n) is 1.55. The fourth-order valence-corrected chi connectivity index (χ4v) is 1.55. The predicted molar refractivity (Wildman–Crippen MR) is 69.6 cm³/mol. The lowest BCUT2D eigenvalue weighted by molar-refractivity contribution is -0.137. The molecule has 1 rings (SSSR count). The summed E-state index contributed by atoms with van der Waals surface area (Å²) in [6, 6.07) is 4.94. The number of carbonyl (C=O) groups excluding carboxylic acids is 1. The van der Waals surface area contributed by atoms with E-state index in [1.54, 1.807) is 13.0 Å². The number of benzene rings is 1. The maximum absolute atomic E-state index is 13.3. The normalized spacial score (nSPS) is 11.2. The minimum atomic E-state index is -0.948. The van der Waals surface area contributed by atoms with E-state index in [4.69, 9.17) is 10.4 Å². The van der Waals surface area contributed by atoms with Gasteiger partial charge in [-0.3, -0.25) is 4.79 Å². The molecule has 2 amide bonds. The molecule has 0 aliphatic heterocycles. The van der Waals surface area contributed by atoms with Crippen LogP contribution < -0.4 is 10.6 Å². The van der Waals surface area contributed by atoms with E-state index >= 15 is 0 Å². The van der Waals surface area contributed by atoms with Crippen molar-refractivity contribution in [3.8, 4) is 6.07 Å². The Bertz CT molecular complexity index is 554. The van der Waals surface area contributed by atoms with Crippen LogP contribution in [0.3, 0.4) is 0 Å². The number of carboxylic acids is 1. The lowest BCUT2D eigenvalue weighted by atomic mass is 10.1. The Hall–Kier alpha value is -2.62. The molecule has 6 nitrogen and oxygen atoms in total. The fraction of sp³-hybridized carbons (Fsp3) is 0.308. The highest BCUT2D eigenvalue weighted by Gasteiger charge is 2.12. The van der Waals surface area contributed by atoms with Gasteiger partial charge in [-0.25, -0.2) is 9.18 Å². The van der Waals surface area contributed by atoms with Crippen LogP contribution in [0.5, 0.6) is 0 Å². The van der Waals surface area contributed by atoms with E-state index < -0.39 is 17.8 Å². The van der Waals surface area contributed by atoms with Gasteiger partial charge >= 0.3 is 12.0 Å². The number of rotatable bonds is 5. The summed E-state index contributed by atoms with van der Waals surface area (Å²) in [5, 5.41) is 22.2. The summed E-state index contributed by atoms with van der Waals surface area (Å²) >= 11 is 0. The average molecular weight is 279 g/mol. The number of nitriles is 1. The number of halogens is 1. The molecule has 1 atom stereocenters. The Morgan fingerprint density at radius 2 is 2.20 bits per heavy atom. The summed E-state index contributed by atoms with van der Waals surface area (Å²) in [4.78, 5) is 22.0. The molecule has 0 bridgehead atoms. The Balaban J connectivity index is 2.58. The number of carbonyl (C=O) groups is 2. The highest BCUT2D eigenvalue weighted by molar-refractivity contribution is 5.90. The second-order valence-corrected chi connectivity index (χ2v) is 4.31. The zero-order valence-corrected chi connectivity index (χ0v) is 10.8. The third kappa shape index (κ3) is 4.57. The second-order valence-electron chi connectivity index (χ2n) is 4.31. The van der Waals surface area contributed by atoms with E-state index in [0.717, 1.165) is 6.07 Å². The van der Waals surface area contributed by atoms with Crippen molar-refractivity contribution in [2.24, 2.45) is 5.92 Å². The van der Waals surface area contributed by atoms with Crippen molar-refractivity contribution >= 4 is 17.7 Å². The first-order chi connectivity index (χ1) is 9.43. The molecule has 3 N–H and O–H groups in total. The third-order valence-corrected chi connectivity index (χ3v) is 2.51. The first kappa shape index (κ1) is 15.4. The van der Waals surface area contributed by atoms with Gasteiger partial charge in [0.1, 0.15) is 17.4 Å². The zero-order chi connectivity index (χ0) is 15.1. The number of carboxylic acid groups (broad SMARTS) is 1. The van der Waals surface area contributed by atoms with Gasteiger partial charge in [0.25, 0.3) is 0 Å². The number of hydrogen-bond acceptors (Lipinski definition) is 3. The molecule has 20 heavy (non-hydrogen) atoms. The van der Waals surface area contributed by atoms with Crippen molar-refractivity contribution in [3.05, 3.63) is 29.6 Å². The van der Waals surface area contributed by atoms with Crippen molar-refractivity contribution in [3.63, 3.8) is 0 Å². The summed E-state index contributed by atoms with van der Waals surface area (Å²) in [5.74, 6) is -1.90. The predicted octanol–water partition coefficient (Wildman–Crippen LogP) is 1.93. The molecule has 0 aliphatic rings. The number of urea groups is 1. The first-order valence-corrected chi connectivity index (χ1v) is 5.89. The lowest BCUT2D eigenvalue weighted by Crippen LogP contribution is -2.33. The van der Waals surface area contributed by atoms with Crippen molar-refractivity contribution in [1.29, 1.82) is 5.26 Å². The largest absolute Gasteiger partial charge is 0.481 e. The molecule has 0 saturated heterocycles. The molecule has 0 aliphatic carbocycles. The van der Waals surface area contributed by atoms with Crippen LogP contribution in [-0.2, 0) is 4.79 Å². The van der Waals surface area contributed by atoms with E-state index in [1.807, 2.05) is 0 Å². The lowest BCUT2D eigenvalue weighted by Gasteiger charge is -2.12. The number of anilines is 1. The highest BCUT2D eigenvalue weighted by Crippen LogP contribution is 2.17.